The van der Waals surface area contributed by atoms with Gasteiger partial charge in [0, 0.05) is 49.0 Å². The van der Waals surface area contributed by atoms with Crippen LogP contribution in [0, 0.1) is 12.1 Å². The Morgan fingerprint density at radius 3 is 1.84 bits per heavy atom. The smallest absolute Gasteiger partial charge is 0.292 e. The van der Waals surface area contributed by atoms with Gasteiger partial charge in [0.05, 0.1) is 36.2 Å². The second-order valence-corrected chi connectivity index (χ2v) is 24.4. The van der Waals surface area contributed by atoms with Crippen molar-refractivity contribution in [3.63, 3.8) is 0 Å². The molecule has 0 unspecified atom stereocenters. The summed E-state index contributed by atoms with van der Waals surface area (Å²) >= 11 is 0. The number of benzene rings is 7. The van der Waals surface area contributed by atoms with Crippen LogP contribution in [0.1, 0.15) is 36.8 Å². The molecule has 0 aliphatic carbocycles. The molecule has 70 heavy (non-hydrogen) atoms. The zero-order chi connectivity index (χ0) is 47.9. The molecule has 1 N–H and O–H groups in total. The molecule has 11 rings (SSSR count). The number of hydrogen-bond donors (Lipinski definition) is 1. The van der Waals surface area contributed by atoms with Crippen molar-refractivity contribution in [2.24, 2.45) is 0 Å². The Kier molecular flexibility index (Phi) is 13.2. The summed E-state index contributed by atoms with van der Waals surface area (Å²) in [6, 6.07) is 66.2. The molecule has 7 nitrogen and oxygen atoms in total. The minimum Gasteiger partial charge on any atom is -0.501 e. The van der Waals surface area contributed by atoms with Crippen LogP contribution in [0.25, 0.3) is 94.7 Å². The molecule has 0 aliphatic heterocycles. The van der Waals surface area contributed by atoms with Crippen LogP contribution in [0.3, 0.4) is 0 Å². The summed E-state index contributed by atoms with van der Waals surface area (Å²) in [6.07, 6.45) is 3.78. The van der Waals surface area contributed by atoms with E-state index in [-0.39, 0.29) is 31.1 Å². The maximum Gasteiger partial charge on any atom is 0.292 e. The van der Waals surface area contributed by atoms with Crippen molar-refractivity contribution in [2.75, 3.05) is 0 Å². The first-order valence-corrected chi connectivity index (χ1v) is 26.6. The van der Waals surface area contributed by atoms with Crippen LogP contribution in [0.15, 0.2) is 193 Å². The molecule has 1 radical (unpaired) electrons. The fourth-order valence-corrected chi connectivity index (χ4v) is 9.75. The van der Waals surface area contributed by atoms with Crippen LogP contribution < -0.4 is 5.19 Å². The van der Waals surface area contributed by atoms with Crippen molar-refractivity contribution < 1.29 is 34.4 Å². The molecule has 0 bridgehead atoms. The molecule has 0 amide bonds. The molecule has 347 valence electrons. The van der Waals surface area contributed by atoms with Crippen molar-refractivity contribution in [3.8, 4) is 61.7 Å². The third kappa shape index (κ3) is 9.56. The van der Waals surface area contributed by atoms with Gasteiger partial charge >= 0.3 is 0 Å². The minimum atomic E-state index is -1.33. The predicted octanol–water partition coefficient (Wildman–Crippen LogP) is 14.9. The number of furan rings is 1. The average Bonchev–Trinajstić information content (AvgIpc) is 3.95. The van der Waals surface area contributed by atoms with E-state index in [9.17, 15) is 4.79 Å². The van der Waals surface area contributed by atoms with Crippen LogP contribution >= 0.6 is 0 Å². The molecule has 4 heterocycles. The van der Waals surface area contributed by atoms with E-state index < -0.39 is 14.0 Å². The van der Waals surface area contributed by atoms with E-state index in [4.69, 9.17) is 19.5 Å². The molecule has 0 atom stereocenters. The van der Waals surface area contributed by atoms with Gasteiger partial charge in [0.25, 0.3) is 5.97 Å². The van der Waals surface area contributed by atoms with Gasteiger partial charge < -0.3 is 19.1 Å². The van der Waals surface area contributed by atoms with Crippen molar-refractivity contribution in [2.45, 2.75) is 45.8 Å². The molecular weight excluding hydrogens is 1060 g/mol. The van der Waals surface area contributed by atoms with Crippen molar-refractivity contribution in [3.05, 3.63) is 212 Å². The molecule has 0 aliphatic rings. The topological polar surface area (TPSA) is 94.0 Å². The summed E-state index contributed by atoms with van der Waals surface area (Å²) in [7, 11) is -1.33. The van der Waals surface area contributed by atoms with E-state index in [1.807, 2.05) is 42.7 Å². The largest absolute Gasteiger partial charge is 0.501 e. The number of pyridine rings is 2. The van der Waals surface area contributed by atoms with E-state index in [1.54, 1.807) is 12.1 Å². The quantitative estimate of drug-likeness (QED) is 0.120. The van der Waals surface area contributed by atoms with E-state index in [0.29, 0.717) is 0 Å². The Bertz CT molecular complexity index is 3610. The van der Waals surface area contributed by atoms with Gasteiger partial charge in [-0.1, -0.05) is 173 Å². The van der Waals surface area contributed by atoms with Gasteiger partial charge in [0.2, 0.25) is 0 Å². The van der Waals surface area contributed by atoms with E-state index in [1.165, 1.54) is 27.9 Å². The maximum atomic E-state index is 10.8. The molecule has 11 aromatic rings. The molecule has 0 saturated carbocycles. The van der Waals surface area contributed by atoms with Gasteiger partial charge in [-0.3, -0.25) is 14.8 Å². The van der Waals surface area contributed by atoms with Crippen molar-refractivity contribution >= 4 is 52.2 Å². The van der Waals surface area contributed by atoms with Gasteiger partial charge in [-0.25, -0.2) is 0 Å². The number of nitrogens with zero attached hydrogens (tertiary/aromatic N) is 4. The molecule has 7 aromatic carbocycles. The number of rotatable bonds is 8. The maximum absolute atomic E-state index is 10.8. The summed E-state index contributed by atoms with van der Waals surface area (Å²) in [5.41, 5.74) is 14.9. The van der Waals surface area contributed by atoms with E-state index in [0.717, 1.165) is 83.7 Å². The normalized spacial score (nSPS) is 11.6. The average molecular weight is 1110 g/mol. The van der Waals surface area contributed by atoms with Gasteiger partial charge in [0.1, 0.15) is 5.58 Å². The number of carbonyl (C=O) groups is 1. The second kappa shape index (κ2) is 19.4. The first kappa shape index (κ1) is 47.5. The van der Waals surface area contributed by atoms with Gasteiger partial charge in [-0.15, -0.1) is 48.0 Å². The summed E-state index contributed by atoms with van der Waals surface area (Å²) in [5, 5.41) is 12.2. The summed E-state index contributed by atoms with van der Waals surface area (Å²) < 4.78 is 8.99. The fraction of sp³-hybridized carbons (Fsp3) is 0.115. The zero-order valence-corrected chi connectivity index (χ0v) is 43.2. The number of hydrogen-bond acceptors (Lipinski definition) is 5. The first-order valence-electron chi connectivity index (χ1n) is 23.1. The number of aromatic nitrogens is 4. The van der Waals surface area contributed by atoms with Crippen LogP contribution in [-0.2, 0) is 25.5 Å². The molecule has 4 aromatic heterocycles. The Balaban J connectivity index is 0.000000257. The first-order chi connectivity index (χ1) is 33.3. The fourth-order valence-electron chi connectivity index (χ4n) is 8.71. The number of imidazole rings is 1. The van der Waals surface area contributed by atoms with Crippen LogP contribution in [0.4, 0.5) is 0 Å². The molecule has 9 heteroatoms. The SMILES string of the molecule is CC(C)(C)c1nccc2nc(-c3[c-]ccc4c3oc3cc(-c5ccc(-c6ccccc6)cc5)ccc34)n(-c3ccc(-c4ccccc4)cc3)c12.C[Si](C)(C)c1ccc(-c2[c-]cc(C(=O)O)cc2)nc1.[Ir]. The third-order valence-corrected chi connectivity index (χ3v) is 14.5. The monoisotopic (exact) mass is 1110 g/mol. The number of fused-ring (bicyclic) bond motifs is 4. The van der Waals surface area contributed by atoms with E-state index >= 15 is 0 Å². The van der Waals surface area contributed by atoms with Crippen LogP contribution in [0.2, 0.25) is 19.6 Å². The third-order valence-electron chi connectivity index (χ3n) is 12.5. The number of carboxylic acids is 1. The summed E-state index contributed by atoms with van der Waals surface area (Å²) in [4.78, 5) is 25.4. The summed E-state index contributed by atoms with van der Waals surface area (Å²) in [6.45, 7) is 13.4. The number of aromatic carboxylic acids is 1. The van der Waals surface area contributed by atoms with Crippen molar-refractivity contribution in [1.82, 2.24) is 19.5 Å². The minimum absolute atomic E-state index is 0. The molecule has 0 fully saturated rings. The Morgan fingerprint density at radius 1 is 0.657 bits per heavy atom. The van der Waals surface area contributed by atoms with Crippen LogP contribution in [-0.4, -0.2) is 38.7 Å². The van der Waals surface area contributed by atoms with Gasteiger partial charge in [-0.05, 0) is 74.1 Å². The van der Waals surface area contributed by atoms with Gasteiger partial charge in [0.15, 0.2) is 0 Å². The Hall–Kier alpha value is -7.55. The number of carboxylic acid groups (broad SMARTS) is 1. The second-order valence-electron chi connectivity index (χ2n) is 19.3. The molecule has 0 spiro atoms. The molecule has 0 saturated heterocycles. The van der Waals surface area contributed by atoms with E-state index in [2.05, 4.69) is 189 Å². The van der Waals surface area contributed by atoms with Crippen LogP contribution in [0.5, 0.6) is 0 Å². The Labute approximate surface area is 422 Å². The summed E-state index contributed by atoms with van der Waals surface area (Å²) in [5.74, 6) is -0.169. The zero-order valence-electron chi connectivity index (χ0n) is 39.8. The Morgan fingerprint density at radius 2 is 1.27 bits per heavy atom. The standard InChI is InChI=1S/C46H34N3O.C15H16NO2Si.Ir/c1-46(2,3)44-42-40(27-28-47-44)48-45(49(42)36-24-21-33(22-25-36)31-13-8-5-9-14-31)39-16-10-15-38-37-26-23-35(29-41(37)50-43(38)39)34-19-17-32(18-20-34)30-11-6-4-7-12-30;1-19(2,3)13-8-9-14(16-10-13)11-4-6-12(7-5-11)15(17)18;/h4-15,17-29H,1-3H3;4,6-10H,1-3H3,(H,17,18);/q2*-1;. The van der Waals surface area contributed by atoms with Crippen molar-refractivity contribution in [1.29, 1.82) is 0 Å². The molecular formula is C61H50IrN4O3Si-2. The predicted molar refractivity (Wildman–Crippen MR) is 284 cm³/mol. The van der Waals surface area contributed by atoms with Gasteiger partial charge in [-0.2, -0.15) is 0 Å².